The first-order valence-electron chi connectivity index (χ1n) is 10.5. The van der Waals surface area contributed by atoms with Crippen molar-refractivity contribution in [3.8, 4) is 0 Å². The smallest absolute Gasteiger partial charge is 0.274 e. The summed E-state index contributed by atoms with van der Waals surface area (Å²) in [4.78, 5) is 15.1. The maximum absolute atomic E-state index is 13.1. The van der Waals surface area contributed by atoms with Crippen molar-refractivity contribution >= 4 is 5.91 Å². The number of allylic oxidation sites excluding steroid dienone is 1. The first-order valence-corrected chi connectivity index (χ1v) is 10.5. The van der Waals surface area contributed by atoms with Crippen LogP contribution < -0.4 is 5.32 Å². The van der Waals surface area contributed by atoms with Crippen LogP contribution in [0.3, 0.4) is 0 Å². The quantitative estimate of drug-likeness (QED) is 0.533. The van der Waals surface area contributed by atoms with Crippen LogP contribution in [-0.4, -0.2) is 59.5 Å². The SMILES string of the molecule is C=CCn1nc(C(=O)N2CCCCC2)c2c1CCC(NCCCOCC)C2. The molecule has 6 heteroatoms. The summed E-state index contributed by atoms with van der Waals surface area (Å²) in [6.45, 7) is 10.8. The van der Waals surface area contributed by atoms with Gasteiger partial charge in [-0.2, -0.15) is 5.10 Å². The lowest BCUT2D eigenvalue weighted by molar-refractivity contribution is 0.0716. The van der Waals surface area contributed by atoms with E-state index in [1.807, 2.05) is 22.6 Å². The van der Waals surface area contributed by atoms with E-state index in [2.05, 4.69) is 11.9 Å². The number of ether oxygens (including phenoxy) is 1. The molecule has 6 nitrogen and oxygen atoms in total. The van der Waals surface area contributed by atoms with Crippen molar-refractivity contribution in [1.29, 1.82) is 0 Å². The Balaban J connectivity index is 1.70. The number of carbonyl (C=O) groups is 1. The predicted octanol–water partition coefficient (Wildman–Crippen LogP) is 2.57. The number of aromatic nitrogens is 2. The zero-order valence-electron chi connectivity index (χ0n) is 16.7. The van der Waals surface area contributed by atoms with Crippen molar-refractivity contribution in [3.63, 3.8) is 0 Å². The van der Waals surface area contributed by atoms with Crippen LogP contribution in [0.25, 0.3) is 0 Å². The second kappa shape index (κ2) is 10.0. The van der Waals surface area contributed by atoms with Crippen LogP contribution >= 0.6 is 0 Å². The van der Waals surface area contributed by atoms with Crippen molar-refractivity contribution < 1.29 is 9.53 Å². The van der Waals surface area contributed by atoms with Gasteiger partial charge in [0.25, 0.3) is 5.91 Å². The summed E-state index contributed by atoms with van der Waals surface area (Å²) in [6, 6.07) is 0.411. The van der Waals surface area contributed by atoms with E-state index in [0.717, 1.165) is 76.9 Å². The van der Waals surface area contributed by atoms with E-state index >= 15 is 0 Å². The average Bonchev–Trinajstić information content (AvgIpc) is 3.06. The van der Waals surface area contributed by atoms with Gasteiger partial charge in [0.1, 0.15) is 0 Å². The van der Waals surface area contributed by atoms with Gasteiger partial charge in [-0.1, -0.05) is 6.08 Å². The van der Waals surface area contributed by atoms with Gasteiger partial charge in [0.2, 0.25) is 0 Å². The molecule has 1 aliphatic carbocycles. The molecule has 1 amide bonds. The summed E-state index contributed by atoms with van der Waals surface area (Å²) in [5.41, 5.74) is 3.05. The van der Waals surface area contributed by atoms with Gasteiger partial charge in [0, 0.05) is 43.6 Å². The number of nitrogens with zero attached hydrogens (tertiary/aromatic N) is 3. The molecule has 1 atom stereocenters. The molecule has 27 heavy (non-hydrogen) atoms. The number of likely N-dealkylation sites (tertiary alicyclic amines) is 1. The van der Waals surface area contributed by atoms with Crippen LogP contribution in [0.5, 0.6) is 0 Å². The molecule has 1 N–H and O–H groups in total. The molecule has 1 saturated heterocycles. The van der Waals surface area contributed by atoms with E-state index in [1.54, 1.807) is 0 Å². The Morgan fingerprint density at radius 2 is 2.19 bits per heavy atom. The molecule has 1 aromatic rings. The number of rotatable bonds is 9. The Hall–Kier alpha value is -1.66. The molecule has 1 aromatic heterocycles. The zero-order chi connectivity index (χ0) is 19.1. The Morgan fingerprint density at radius 3 is 2.93 bits per heavy atom. The summed E-state index contributed by atoms with van der Waals surface area (Å²) in [5.74, 6) is 0.116. The maximum Gasteiger partial charge on any atom is 0.274 e. The van der Waals surface area contributed by atoms with Crippen molar-refractivity contribution in [2.45, 2.75) is 64.5 Å². The number of nitrogens with one attached hydrogen (secondary N) is 1. The highest BCUT2D eigenvalue weighted by Crippen LogP contribution is 2.27. The van der Waals surface area contributed by atoms with Gasteiger partial charge in [-0.25, -0.2) is 0 Å². The third kappa shape index (κ3) is 4.99. The van der Waals surface area contributed by atoms with Crippen LogP contribution in [0, 0.1) is 0 Å². The maximum atomic E-state index is 13.1. The fourth-order valence-electron chi connectivity index (χ4n) is 4.18. The van der Waals surface area contributed by atoms with Crippen LogP contribution in [0.4, 0.5) is 0 Å². The van der Waals surface area contributed by atoms with E-state index in [9.17, 15) is 4.79 Å². The van der Waals surface area contributed by atoms with E-state index in [4.69, 9.17) is 9.84 Å². The third-order valence-electron chi connectivity index (χ3n) is 5.60. The van der Waals surface area contributed by atoms with E-state index in [-0.39, 0.29) is 5.91 Å². The lowest BCUT2D eigenvalue weighted by atomic mass is 9.91. The largest absolute Gasteiger partial charge is 0.382 e. The minimum Gasteiger partial charge on any atom is -0.382 e. The first kappa shape index (κ1) is 20.1. The predicted molar refractivity (Wildman–Crippen MR) is 107 cm³/mol. The van der Waals surface area contributed by atoms with Gasteiger partial charge in [-0.05, 0) is 58.4 Å². The third-order valence-corrected chi connectivity index (χ3v) is 5.60. The number of carbonyl (C=O) groups excluding carboxylic acids is 1. The molecule has 3 rings (SSSR count). The van der Waals surface area contributed by atoms with Gasteiger partial charge < -0.3 is 15.0 Å². The average molecular weight is 375 g/mol. The summed E-state index contributed by atoms with van der Waals surface area (Å²) in [7, 11) is 0. The lowest BCUT2D eigenvalue weighted by Crippen LogP contribution is -2.38. The van der Waals surface area contributed by atoms with Gasteiger partial charge in [0.15, 0.2) is 5.69 Å². The Bertz CT molecular complexity index is 634. The molecule has 2 heterocycles. The Morgan fingerprint density at radius 1 is 1.37 bits per heavy atom. The van der Waals surface area contributed by atoms with E-state index in [0.29, 0.717) is 18.3 Å². The second-order valence-corrected chi connectivity index (χ2v) is 7.54. The van der Waals surface area contributed by atoms with Gasteiger partial charge in [0.05, 0.1) is 6.54 Å². The van der Waals surface area contributed by atoms with Crippen molar-refractivity contribution in [2.24, 2.45) is 0 Å². The van der Waals surface area contributed by atoms with Crippen LogP contribution in [0.1, 0.15) is 60.8 Å². The minimum atomic E-state index is 0.116. The van der Waals surface area contributed by atoms with Gasteiger partial charge >= 0.3 is 0 Å². The van der Waals surface area contributed by atoms with Crippen LogP contribution in [0.2, 0.25) is 0 Å². The first-order chi connectivity index (χ1) is 13.2. The van der Waals surface area contributed by atoms with E-state index < -0.39 is 0 Å². The number of hydrogen-bond acceptors (Lipinski definition) is 4. The number of piperidine rings is 1. The Kier molecular flexibility index (Phi) is 7.47. The second-order valence-electron chi connectivity index (χ2n) is 7.54. The highest BCUT2D eigenvalue weighted by molar-refractivity contribution is 5.94. The normalized spacial score (nSPS) is 19.7. The number of amides is 1. The molecule has 0 radical (unpaired) electrons. The van der Waals surface area contributed by atoms with Crippen LogP contribution in [-0.2, 0) is 24.1 Å². The summed E-state index contributed by atoms with van der Waals surface area (Å²) in [6.07, 6.45) is 9.24. The molecule has 1 fully saturated rings. The molecular formula is C21H34N4O2. The molecule has 0 saturated carbocycles. The summed E-state index contributed by atoms with van der Waals surface area (Å²) < 4.78 is 7.41. The standard InChI is InChI=1S/C21H34N4O2/c1-3-12-25-19-10-9-17(22-11-8-15-27-4-2)16-18(19)20(23-25)21(26)24-13-6-5-7-14-24/h3,17,22H,1,4-16H2,2H3. The molecule has 0 spiro atoms. The number of hydrogen-bond donors (Lipinski definition) is 1. The highest BCUT2D eigenvalue weighted by atomic mass is 16.5. The molecular weight excluding hydrogens is 340 g/mol. The fourth-order valence-corrected chi connectivity index (χ4v) is 4.18. The van der Waals surface area contributed by atoms with Crippen molar-refractivity contribution in [2.75, 3.05) is 32.8 Å². The van der Waals surface area contributed by atoms with E-state index in [1.165, 1.54) is 12.1 Å². The van der Waals surface area contributed by atoms with Crippen molar-refractivity contribution in [3.05, 3.63) is 29.6 Å². The van der Waals surface area contributed by atoms with Gasteiger partial charge in [-0.3, -0.25) is 9.48 Å². The number of fused-ring (bicyclic) bond motifs is 1. The van der Waals surface area contributed by atoms with Gasteiger partial charge in [-0.15, -0.1) is 6.58 Å². The van der Waals surface area contributed by atoms with Crippen molar-refractivity contribution in [1.82, 2.24) is 20.0 Å². The Labute approximate surface area is 162 Å². The van der Waals surface area contributed by atoms with Crippen LogP contribution in [0.15, 0.2) is 12.7 Å². The lowest BCUT2D eigenvalue weighted by Gasteiger charge is -2.27. The fraction of sp³-hybridized carbons (Fsp3) is 0.714. The molecule has 2 aliphatic rings. The monoisotopic (exact) mass is 374 g/mol. The zero-order valence-corrected chi connectivity index (χ0v) is 16.7. The highest BCUT2D eigenvalue weighted by Gasteiger charge is 2.31. The summed E-state index contributed by atoms with van der Waals surface area (Å²) >= 11 is 0. The topological polar surface area (TPSA) is 59.4 Å². The molecule has 0 aromatic carbocycles. The molecule has 1 unspecified atom stereocenters. The molecule has 0 bridgehead atoms. The summed E-state index contributed by atoms with van der Waals surface area (Å²) in [5, 5.41) is 8.36. The molecule has 1 aliphatic heterocycles. The molecule has 150 valence electrons. The minimum absolute atomic E-state index is 0.116.